The molecule has 2 bridgehead atoms. The molecule has 14 heteroatoms. The fraction of sp³-hybridized carbons (Fsp3) is 0.469. The van der Waals surface area contributed by atoms with Crippen LogP contribution in [-0.4, -0.2) is 100 Å². The van der Waals surface area contributed by atoms with Gasteiger partial charge in [0.25, 0.3) is 5.91 Å². The highest BCUT2D eigenvalue weighted by atomic mass is 19.4. The van der Waals surface area contributed by atoms with Gasteiger partial charge in [0.2, 0.25) is 5.91 Å². The van der Waals surface area contributed by atoms with Gasteiger partial charge in [0.05, 0.1) is 30.6 Å². The molecule has 0 aliphatic carbocycles. The lowest BCUT2D eigenvalue weighted by Crippen LogP contribution is -2.61. The minimum atomic E-state index is -4.78. The number of amides is 2. The number of hydrogen-bond donors (Lipinski definition) is 2. The molecule has 3 aromatic rings. The first-order chi connectivity index (χ1) is 22.0. The number of carbonyl (C=O) groups excluding carboxylic acids is 2. The average Bonchev–Trinajstić information content (AvgIpc) is 3.46. The number of hydrogen-bond acceptors (Lipinski definition) is 8. The second-order valence-corrected chi connectivity index (χ2v) is 11.9. The molecule has 0 radical (unpaired) electrons. The van der Waals surface area contributed by atoms with Crippen LogP contribution in [0.1, 0.15) is 35.2 Å². The normalized spacial score (nSPS) is 24.7. The van der Waals surface area contributed by atoms with Crippen molar-refractivity contribution in [2.75, 3.05) is 32.8 Å². The summed E-state index contributed by atoms with van der Waals surface area (Å²) in [7, 11) is 1.82. The van der Waals surface area contributed by atoms with Gasteiger partial charge in [-0.1, -0.05) is 18.2 Å². The maximum absolute atomic E-state index is 14.2. The number of aryl methyl sites for hydroxylation is 1. The number of benzene rings is 2. The minimum Gasteiger partial charge on any atom is -0.493 e. The number of rotatable bonds is 4. The maximum Gasteiger partial charge on any atom is 0.573 e. The van der Waals surface area contributed by atoms with Crippen molar-refractivity contribution in [1.29, 1.82) is 0 Å². The van der Waals surface area contributed by atoms with Gasteiger partial charge in [-0.25, -0.2) is 0 Å². The van der Waals surface area contributed by atoms with E-state index in [1.165, 1.54) is 29.2 Å². The highest BCUT2D eigenvalue weighted by Gasteiger charge is 2.38. The zero-order valence-corrected chi connectivity index (χ0v) is 25.3. The molecule has 2 N–H and O–H groups in total. The van der Waals surface area contributed by atoms with E-state index < -0.39 is 30.5 Å². The van der Waals surface area contributed by atoms with E-state index in [4.69, 9.17) is 9.47 Å². The minimum absolute atomic E-state index is 0.0849. The Hall–Kier alpha value is -4.14. The molecule has 4 heterocycles. The van der Waals surface area contributed by atoms with Crippen molar-refractivity contribution in [3.63, 3.8) is 0 Å². The second kappa shape index (κ2) is 13.3. The molecule has 11 nitrogen and oxygen atoms in total. The highest BCUT2D eigenvalue weighted by Crippen LogP contribution is 2.31. The molecule has 4 atom stereocenters. The van der Waals surface area contributed by atoms with Crippen molar-refractivity contribution >= 4 is 11.8 Å². The van der Waals surface area contributed by atoms with Crippen LogP contribution in [0.2, 0.25) is 0 Å². The van der Waals surface area contributed by atoms with Gasteiger partial charge < -0.3 is 29.5 Å². The Balaban J connectivity index is 1.27. The number of piperazine rings is 1. The van der Waals surface area contributed by atoms with Crippen LogP contribution in [0.3, 0.4) is 0 Å². The molecular formula is C32H36F3N5O6. The van der Waals surface area contributed by atoms with E-state index in [1.54, 1.807) is 16.9 Å². The number of nitrogens with one attached hydrogen (secondary N) is 1. The average molecular weight is 644 g/mol. The van der Waals surface area contributed by atoms with Gasteiger partial charge >= 0.3 is 6.36 Å². The Morgan fingerprint density at radius 1 is 1.07 bits per heavy atom. The summed E-state index contributed by atoms with van der Waals surface area (Å²) in [6, 6.07) is 10.0. The Bertz CT molecular complexity index is 1550. The number of aliphatic hydroxyl groups is 1. The van der Waals surface area contributed by atoms with Crippen LogP contribution in [0.15, 0.2) is 54.9 Å². The molecule has 2 saturated heterocycles. The molecule has 2 aromatic carbocycles. The SMILES string of the molecule is Cn1cc(-c2ccc3c(c2)OCC[C@@H]2CC[C@H](O)[C@@H](CNC(=O)[C@@H]4CN(Cc5ccc(OC(F)(F)F)cc5)CCN4C3=O)O2)cn1. The van der Waals surface area contributed by atoms with Crippen LogP contribution < -0.4 is 14.8 Å². The predicted octanol–water partition coefficient (Wildman–Crippen LogP) is 3.12. The molecule has 1 aromatic heterocycles. The Morgan fingerprint density at radius 3 is 2.61 bits per heavy atom. The first-order valence-electron chi connectivity index (χ1n) is 15.3. The summed E-state index contributed by atoms with van der Waals surface area (Å²) >= 11 is 0. The van der Waals surface area contributed by atoms with Gasteiger partial charge in [-0.2, -0.15) is 5.10 Å². The summed E-state index contributed by atoms with van der Waals surface area (Å²) in [4.78, 5) is 31.4. The van der Waals surface area contributed by atoms with Crippen LogP contribution in [0.25, 0.3) is 11.1 Å². The first kappa shape index (κ1) is 31.8. The topological polar surface area (TPSA) is 118 Å². The molecule has 3 aliphatic rings. The Kier molecular flexibility index (Phi) is 9.20. The quantitative estimate of drug-likeness (QED) is 0.446. The maximum atomic E-state index is 14.2. The van der Waals surface area contributed by atoms with Crippen molar-refractivity contribution in [2.24, 2.45) is 7.05 Å². The van der Waals surface area contributed by atoms with Gasteiger partial charge in [-0.05, 0) is 48.2 Å². The third kappa shape index (κ3) is 7.45. The van der Waals surface area contributed by atoms with E-state index in [-0.39, 0.29) is 37.4 Å². The smallest absolute Gasteiger partial charge is 0.493 e. The largest absolute Gasteiger partial charge is 0.573 e. The summed E-state index contributed by atoms with van der Waals surface area (Å²) in [6.07, 6.45) is -0.987. The van der Waals surface area contributed by atoms with E-state index in [0.717, 1.165) is 16.7 Å². The van der Waals surface area contributed by atoms with Crippen LogP contribution in [0.4, 0.5) is 13.2 Å². The Morgan fingerprint density at radius 2 is 1.87 bits per heavy atom. The number of carbonyl (C=O) groups is 2. The van der Waals surface area contributed by atoms with Crippen molar-refractivity contribution in [3.05, 3.63) is 66.0 Å². The van der Waals surface area contributed by atoms with E-state index in [1.807, 2.05) is 30.3 Å². The third-order valence-corrected chi connectivity index (χ3v) is 8.60. The van der Waals surface area contributed by atoms with Gasteiger partial charge in [-0.15, -0.1) is 13.2 Å². The van der Waals surface area contributed by atoms with Crippen LogP contribution >= 0.6 is 0 Å². The molecule has 46 heavy (non-hydrogen) atoms. The number of aliphatic hydroxyl groups excluding tert-OH is 1. The number of halogens is 3. The van der Waals surface area contributed by atoms with Gasteiger partial charge in [-0.3, -0.25) is 19.2 Å². The molecule has 0 unspecified atom stereocenters. The zero-order valence-electron chi connectivity index (χ0n) is 25.3. The van der Waals surface area contributed by atoms with Crippen molar-refractivity contribution in [2.45, 2.75) is 56.5 Å². The number of ether oxygens (including phenoxy) is 3. The van der Waals surface area contributed by atoms with Crippen molar-refractivity contribution in [3.8, 4) is 22.6 Å². The van der Waals surface area contributed by atoms with E-state index >= 15 is 0 Å². The number of nitrogens with zero attached hydrogens (tertiary/aromatic N) is 4. The standard InChI is InChI=1S/C32H36F3N5O6/c1-38-18-22(15-37-38)21-4-8-25-28(14-21)44-13-10-23-7-9-27(41)29(45-23)16-36-30(42)26-19-39(11-12-40(26)31(25)43)17-20-2-5-24(6-3-20)46-32(33,34)35/h2-6,8,14-15,18,23,26-27,29,41H,7,9-13,16-17,19H2,1H3,(H,36,42)/t23-,26-,27-,29+/m0/s1. The fourth-order valence-corrected chi connectivity index (χ4v) is 6.19. The lowest BCUT2D eigenvalue weighted by atomic mass is 9.98. The van der Waals surface area contributed by atoms with Crippen LogP contribution in [0, 0.1) is 0 Å². The van der Waals surface area contributed by atoms with Crippen molar-refractivity contribution < 1.29 is 42.1 Å². The number of fused-ring (bicyclic) bond motifs is 4. The van der Waals surface area contributed by atoms with E-state index in [0.29, 0.717) is 50.3 Å². The lowest BCUT2D eigenvalue weighted by Gasteiger charge is -2.41. The van der Waals surface area contributed by atoms with Crippen LogP contribution in [0.5, 0.6) is 11.5 Å². The fourth-order valence-electron chi connectivity index (χ4n) is 6.19. The lowest BCUT2D eigenvalue weighted by molar-refractivity contribution is -0.274. The van der Waals surface area contributed by atoms with Gasteiger partial charge in [0.1, 0.15) is 23.6 Å². The van der Waals surface area contributed by atoms with Gasteiger partial charge in [0.15, 0.2) is 0 Å². The summed E-state index contributed by atoms with van der Waals surface area (Å²) in [5.74, 6) is -0.677. The van der Waals surface area contributed by atoms with E-state index in [2.05, 4.69) is 15.2 Å². The highest BCUT2D eigenvalue weighted by molar-refractivity contribution is 6.00. The van der Waals surface area contributed by atoms with Crippen molar-refractivity contribution in [1.82, 2.24) is 24.9 Å². The number of aromatic nitrogens is 2. The molecular weight excluding hydrogens is 607 g/mol. The zero-order chi connectivity index (χ0) is 32.4. The number of alkyl halides is 3. The van der Waals surface area contributed by atoms with Crippen LogP contribution in [-0.2, 0) is 23.1 Å². The molecule has 0 spiro atoms. The van der Waals surface area contributed by atoms with Gasteiger partial charge in [0, 0.05) is 58.0 Å². The van der Waals surface area contributed by atoms with E-state index in [9.17, 15) is 27.9 Å². The predicted molar refractivity (Wildman–Crippen MR) is 159 cm³/mol. The monoisotopic (exact) mass is 643 g/mol. The summed E-state index contributed by atoms with van der Waals surface area (Å²) < 4.78 is 55.8. The third-order valence-electron chi connectivity index (χ3n) is 8.60. The molecule has 6 rings (SSSR count). The second-order valence-electron chi connectivity index (χ2n) is 11.9. The molecule has 0 saturated carbocycles. The molecule has 2 fully saturated rings. The molecule has 2 amide bonds. The summed E-state index contributed by atoms with van der Waals surface area (Å²) in [5.41, 5.74) is 2.73. The summed E-state index contributed by atoms with van der Waals surface area (Å²) in [6.45, 7) is 1.55. The Labute approximate surface area is 263 Å². The first-order valence-corrected chi connectivity index (χ1v) is 15.3. The summed E-state index contributed by atoms with van der Waals surface area (Å²) in [5, 5.41) is 17.7. The molecule has 3 aliphatic heterocycles. The molecule has 246 valence electrons.